The van der Waals surface area contributed by atoms with Gasteiger partial charge < -0.3 is 20.5 Å². The van der Waals surface area contributed by atoms with E-state index in [-0.39, 0.29) is 5.56 Å². The van der Waals surface area contributed by atoms with Gasteiger partial charge >= 0.3 is 5.97 Å². The number of aldehydes is 1. The van der Waals surface area contributed by atoms with Gasteiger partial charge in [-0.1, -0.05) is 66.8 Å². The molecular weight excluding hydrogens is 572 g/mol. The number of thioether (sulfide) groups is 1. The van der Waals surface area contributed by atoms with Gasteiger partial charge in [-0.2, -0.15) is 5.10 Å². The standard InChI is InChI=1S/C32H29ClN4O4S/c33-32(16-5-4-8-29(32)34)31(41)36-35-26-19-37(28(20-38)22-6-2-1-3-7-22)27-14-13-24(18-25(26)27)42-17-15-21-9-11-23(12-10-21)30(39)40/h1-14,16,18,20,28-29H,15,17,19,34H2,(H,36,41)(H,39,40). The smallest absolute Gasteiger partial charge is 0.335 e. The Hall–Kier alpha value is -4.18. The number of aromatic carboxylic acids is 1. The normalized spacial score (nSPS) is 20.8. The molecule has 1 aliphatic carbocycles. The Morgan fingerprint density at radius 3 is 2.60 bits per heavy atom. The Labute approximate surface area is 252 Å². The summed E-state index contributed by atoms with van der Waals surface area (Å²) in [4.78, 5) is 38.0. The van der Waals surface area contributed by atoms with E-state index in [1.165, 1.54) is 0 Å². The number of nitrogens with zero attached hydrogens (tertiary/aromatic N) is 2. The van der Waals surface area contributed by atoms with E-state index in [2.05, 4.69) is 10.5 Å². The highest BCUT2D eigenvalue weighted by atomic mass is 35.5. The first kappa shape index (κ1) is 29.3. The number of aryl methyl sites for hydroxylation is 1. The van der Waals surface area contributed by atoms with Crippen molar-refractivity contribution in [2.45, 2.75) is 28.3 Å². The summed E-state index contributed by atoms with van der Waals surface area (Å²) in [7, 11) is 0. The topological polar surface area (TPSA) is 125 Å². The third kappa shape index (κ3) is 6.18. The highest BCUT2D eigenvalue weighted by Crippen LogP contribution is 2.37. The number of amides is 1. The number of allylic oxidation sites excluding steroid dienone is 2. The summed E-state index contributed by atoms with van der Waals surface area (Å²) in [6, 6.07) is 21.1. The van der Waals surface area contributed by atoms with Gasteiger partial charge in [-0.25, -0.2) is 10.2 Å². The van der Waals surface area contributed by atoms with Crippen molar-refractivity contribution < 1.29 is 19.5 Å². The maximum Gasteiger partial charge on any atom is 0.335 e. The number of benzene rings is 3. The molecule has 0 saturated carbocycles. The van der Waals surface area contributed by atoms with E-state index in [0.717, 1.165) is 45.7 Å². The Morgan fingerprint density at radius 1 is 1.14 bits per heavy atom. The number of carboxylic acids is 1. The van der Waals surface area contributed by atoms with Crippen molar-refractivity contribution >= 4 is 52.9 Å². The number of nitrogens with one attached hydrogen (secondary N) is 1. The van der Waals surface area contributed by atoms with Crippen LogP contribution in [0.15, 0.2) is 107 Å². The molecule has 1 amide bonds. The lowest BCUT2D eigenvalue weighted by molar-refractivity contribution is -0.122. The molecule has 0 fully saturated rings. The zero-order valence-electron chi connectivity index (χ0n) is 22.5. The van der Waals surface area contributed by atoms with Crippen LogP contribution in [0.1, 0.15) is 33.1 Å². The lowest BCUT2D eigenvalue weighted by Crippen LogP contribution is -2.52. The van der Waals surface area contributed by atoms with E-state index in [0.29, 0.717) is 12.3 Å². The molecule has 2 aliphatic rings. The maximum atomic E-state index is 13.1. The number of nitrogens with two attached hydrogens (primary N) is 1. The predicted octanol–water partition coefficient (Wildman–Crippen LogP) is 4.73. The largest absolute Gasteiger partial charge is 0.478 e. The van der Waals surface area contributed by atoms with Crippen LogP contribution < -0.4 is 16.1 Å². The fraction of sp³-hybridized carbons (Fsp3) is 0.188. The van der Waals surface area contributed by atoms with Gasteiger partial charge in [-0.15, -0.1) is 23.4 Å². The summed E-state index contributed by atoms with van der Waals surface area (Å²) < 4.78 is 0. The van der Waals surface area contributed by atoms with E-state index in [4.69, 9.17) is 22.4 Å². The van der Waals surface area contributed by atoms with Crippen LogP contribution in [0, 0.1) is 0 Å². The molecule has 3 unspecified atom stereocenters. The number of anilines is 1. The minimum atomic E-state index is -1.46. The number of alkyl halides is 1. The summed E-state index contributed by atoms with van der Waals surface area (Å²) in [5, 5.41) is 13.6. The van der Waals surface area contributed by atoms with Gasteiger partial charge in [0.2, 0.25) is 0 Å². The van der Waals surface area contributed by atoms with Gasteiger partial charge in [-0.05, 0) is 47.9 Å². The number of hydrazone groups is 1. The second-order valence-electron chi connectivity index (χ2n) is 9.94. The third-order valence-electron chi connectivity index (χ3n) is 7.27. The molecule has 3 aromatic rings. The van der Waals surface area contributed by atoms with Crippen LogP contribution in [0.3, 0.4) is 0 Å². The lowest BCUT2D eigenvalue weighted by atomic mass is 9.94. The molecule has 42 heavy (non-hydrogen) atoms. The fourth-order valence-corrected chi connectivity index (χ4v) is 6.03. The SMILES string of the molecule is NC1C=CC=CC1(Cl)C(=O)NN=C1CN(C(C=O)c2ccccc2)c2ccc(SCCc3ccc(C(=O)O)cc3)cc21. The average molecular weight is 601 g/mol. The molecule has 0 spiro atoms. The number of carboxylic acid groups (broad SMARTS) is 1. The molecule has 0 radical (unpaired) electrons. The Balaban J connectivity index is 1.38. The zero-order chi connectivity index (χ0) is 29.7. The highest BCUT2D eigenvalue weighted by molar-refractivity contribution is 7.99. The number of hydrogen-bond donors (Lipinski definition) is 3. The molecular formula is C32H29ClN4O4S. The number of rotatable bonds is 10. The predicted molar refractivity (Wildman–Crippen MR) is 166 cm³/mol. The number of carbonyl (C=O) groups excluding carboxylic acids is 2. The molecule has 0 bridgehead atoms. The third-order valence-corrected chi connectivity index (χ3v) is 8.81. The molecule has 0 saturated heterocycles. The molecule has 3 aromatic carbocycles. The first-order valence-electron chi connectivity index (χ1n) is 13.3. The van der Waals surface area contributed by atoms with Gasteiger partial charge in [0.25, 0.3) is 5.91 Å². The van der Waals surface area contributed by atoms with E-state index in [9.17, 15) is 14.4 Å². The minimum absolute atomic E-state index is 0.260. The molecule has 5 rings (SSSR count). The van der Waals surface area contributed by atoms with Gasteiger partial charge in [0, 0.05) is 21.9 Å². The second kappa shape index (κ2) is 12.8. The summed E-state index contributed by atoms with van der Waals surface area (Å²) in [6.45, 7) is 0.301. The molecule has 10 heteroatoms. The van der Waals surface area contributed by atoms with Gasteiger partial charge in [-0.3, -0.25) is 4.79 Å². The van der Waals surface area contributed by atoms with Crippen molar-refractivity contribution in [2.24, 2.45) is 10.8 Å². The lowest BCUT2D eigenvalue weighted by Gasteiger charge is -2.27. The second-order valence-corrected chi connectivity index (χ2v) is 11.7. The highest BCUT2D eigenvalue weighted by Gasteiger charge is 2.40. The molecule has 1 aliphatic heterocycles. The van der Waals surface area contributed by atoms with E-state index in [1.807, 2.05) is 65.6 Å². The van der Waals surface area contributed by atoms with Crippen LogP contribution >= 0.6 is 23.4 Å². The Kier molecular flexibility index (Phi) is 8.91. The number of halogens is 1. The number of hydrogen-bond acceptors (Lipinski definition) is 7. The molecule has 1 heterocycles. The zero-order valence-corrected chi connectivity index (χ0v) is 24.1. The van der Waals surface area contributed by atoms with Crippen LogP contribution in [0.2, 0.25) is 0 Å². The Morgan fingerprint density at radius 2 is 1.90 bits per heavy atom. The van der Waals surface area contributed by atoms with Gasteiger partial charge in [0.15, 0.2) is 4.87 Å². The molecule has 214 valence electrons. The monoisotopic (exact) mass is 600 g/mol. The van der Waals surface area contributed by atoms with Crippen LogP contribution in [0.5, 0.6) is 0 Å². The molecule has 0 aromatic heterocycles. The molecule has 4 N–H and O–H groups in total. The average Bonchev–Trinajstić information content (AvgIpc) is 3.36. The number of carbonyl (C=O) groups is 3. The van der Waals surface area contributed by atoms with Crippen molar-refractivity contribution in [1.82, 2.24) is 5.43 Å². The quantitative estimate of drug-likeness (QED) is 0.133. The van der Waals surface area contributed by atoms with E-state index in [1.54, 1.807) is 48.2 Å². The van der Waals surface area contributed by atoms with Crippen LogP contribution in [-0.2, 0) is 16.0 Å². The molecule has 8 nitrogen and oxygen atoms in total. The minimum Gasteiger partial charge on any atom is -0.478 e. The van der Waals surface area contributed by atoms with Crippen molar-refractivity contribution in [1.29, 1.82) is 0 Å². The van der Waals surface area contributed by atoms with Crippen LogP contribution in [0.4, 0.5) is 5.69 Å². The van der Waals surface area contributed by atoms with Crippen molar-refractivity contribution in [3.8, 4) is 0 Å². The number of fused-ring (bicyclic) bond motifs is 1. The Bertz CT molecular complexity index is 1580. The maximum absolute atomic E-state index is 13.1. The first-order valence-corrected chi connectivity index (χ1v) is 14.7. The van der Waals surface area contributed by atoms with Crippen LogP contribution in [0.25, 0.3) is 0 Å². The van der Waals surface area contributed by atoms with Crippen LogP contribution in [-0.4, -0.2) is 52.2 Å². The van der Waals surface area contributed by atoms with E-state index < -0.39 is 28.8 Å². The van der Waals surface area contributed by atoms with Crippen molar-refractivity contribution in [3.05, 3.63) is 119 Å². The van der Waals surface area contributed by atoms with E-state index >= 15 is 0 Å². The fourth-order valence-electron chi connectivity index (χ4n) is 4.91. The summed E-state index contributed by atoms with van der Waals surface area (Å²) in [5.41, 5.74) is 13.1. The first-order chi connectivity index (χ1) is 20.3. The summed E-state index contributed by atoms with van der Waals surface area (Å²) >= 11 is 8.22. The van der Waals surface area contributed by atoms with Crippen molar-refractivity contribution in [3.63, 3.8) is 0 Å². The van der Waals surface area contributed by atoms with Gasteiger partial charge in [0.05, 0.1) is 23.9 Å². The van der Waals surface area contributed by atoms with Gasteiger partial charge in [0.1, 0.15) is 12.3 Å². The van der Waals surface area contributed by atoms with Crippen molar-refractivity contribution in [2.75, 3.05) is 17.2 Å². The summed E-state index contributed by atoms with van der Waals surface area (Å²) in [6.07, 6.45) is 8.28. The summed E-state index contributed by atoms with van der Waals surface area (Å²) in [5.74, 6) is -0.720. The molecule has 3 atom stereocenters.